The van der Waals surface area contributed by atoms with E-state index in [-0.39, 0.29) is 5.91 Å². The molecule has 0 unspecified atom stereocenters. The van der Waals surface area contributed by atoms with Gasteiger partial charge >= 0.3 is 0 Å². The summed E-state index contributed by atoms with van der Waals surface area (Å²) in [6, 6.07) is 22.0. The van der Waals surface area contributed by atoms with Crippen molar-refractivity contribution in [3.63, 3.8) is 0 Å². The van der Waals surface area contributed by atoms with Crippen molar-refractivity contribution in [2.24, 2.45) is 5.10 Å². The smallest absolute Gasteiger partial charge is 0.244 e. The Morgan fingerprint density at radius 3 is 2.48 bits per heavy atom. The van der Waals surface area contributed by atoms with Crippen LogP contribution >= 0.6 is 0 Å². The first kappa shape index (κ1) is 20.3. The van der Waals surface area contributed by atoms with Crippen LogP contribution in [0.25, 0.3) is 0 Å². The van der Waals surface area contributed by atoms with Gasteiger partial charge in [-0.05, 0) is 55.2 Å². The van der Waals surface area contributed by atoms with E-state index in [0.29, 0.717) is 13.0 Å². The van der Waals surface area contributed by atoms with E-state index >= 15 is 0 Å². The number of hydrazone groups is 1. The Morgan fingerprint density at radius 2 is 1.72 bits per heavy atom. The van der Waals surface area contributed by atoms with Gasteiger partial charge in [0.05, 0.1) is 12.6 Å². The monoisotopic (exact) mass is 386 g/mol. The largest absolute Gasteiger partial charge is 0.489 e. The summed E-state index contributed by atoms with van der Waals surface area (Å²) >= 11 is 0. The highest BCUT2D eigenvalue weighted by molar-refractivity contribution is 5.83. The number of nitrogens with one attached hydrogen (secondary N) is 1. The van der Waals surface area contributed by atoms with E-state index in [1.165, 1.54) is 11.1 Å². The summed E-state index contributed by atoms with van der Waals surface area (Å²) in [4.78, 5) is 12.1. The molecule has 3 rings (SSSR count). The van der Waals surface area contributed by atoms with Crippen molar-refractivity contribution >= 4 is 12.1 Å². The third-order valence-electron chi connectivity index (χ3n) is 4.64. The molecule has 0 atom stereocenters. The van der Waals surface area contributed by atoms with Crippen LogP contribution in [0.4, 0.5) is 0 Å². The molecule has 0 aliphatic carbocycles. The minimum atomic E-state index is -0.139. The number of carbonyl (C=O) groups excluding carboxylic acids is 1. The van der Waals surface area contributed by atoms with Gasteiger partial charge in [-0.3, -0.25) is 4.79 Å². The summed E-state index contributed by atoms with van der Waals surface area (Å²) < 4.78 is 5.85. The molecule has 4 nitrogen and oxygen atoms in total. The lowest BCUT2D eigenvalue weighted by molar-refractivity contribution is -0.120. The van der Waals surface area contributed by atoms with Crippen molar-refractivity contribution in [2.75, 3.05) is 0 Å². The van der Waals surface area contributed by atoms with Crippen LogP contribution in [0.3, 0.4) is 0 Å². The highest BCUT2D eigenvalue weighted by Crippen LogP contribution is 2.15. The molecule has 1 N–H and O–H groups in total. The van der Waals surface area contributed by atoms with Crippen LogP contribution < -0.4 is 10.2 Å². The molecule has 1 amide bonds. The van der Waals surface area contributed by atoms with Gasteiger partial charge < -0.3 is 4.74 Å². The average Bonchev–Trinajstić information content (AvgIpc) is 2.70. The Bertz CT molecular complexity index is 1010. The zero-order chi connectivity index (χ0) is 20.6. The van der Waals surface area contributed by atoms with E-state index < -0.39 is 0 Å². The molecule has 3 aromatic rings. The van der Waals surface area contributed by atoms with E-state index in [1.807, 2.05) is 50.2 Å². The molecule has 4 heteroatoms. The zero-order valence-electron chi connectivity index (χ0n) is 17.1. The topological polar surface area (TPSA) is 50.7 Å². The van der Waals surface area contributed by atoms with Crippen LogP contribution in [0.2, 0.25) is 0 Å². The maximum atomic E-state index is 12.1. The molecule has 0 heterocycles. The van der Waals surface area contributed by atoms with Gasteiger partial charge in [-0.1, -0.05) is 65.7 Å². The fourth-order valence-electron chi connectivity index (χ4n) is 2.97. The first-order valence-corrected chi connectivity index (χ1v) is 9.66. The first-order valence-electron chi connectivity index (χ1n) is 9.66. The molecular formula is C25H26N2O2. The lowest BCUT2D eigenvalue weighted by Gasteiger charge is -2.07. The molecule has 0 saturated carbocycles. The SMILES string of the molecule is Cc1ccc(COc2cccc(/C=N\NC(=O)Cc3ccc(C)cc3C)c2)cc1. The van der Waals surface area contributed by atoms with Crippen LogP contribution in [-0.2, 0) is 17.8 Å². The summed E-state index contributed by atoms with van der Waals surface area (Å²) in [6.45, 7) is 6.63. The summed E-state index contributed by atoms with van der Waals surface area (Å²) in [5.41, 5.74) is 9.11. The van der Waals surface area contributed by atoms with Crippen LogP contribution in [0.1, 0.15) is 33.4 Å². The molecule has 0 radical (unpaired) electrons. The number of rotatable bonds is 7. The van der Waals surface area contributed by atoms with Crippen molar-refractivity contribution in [2.45, 2.75) is 33.8 Å². The second kappa shape index (κ2) is 9.69. The van der Waals surface area contributed by atoms with Crippen LogP contribution in [-0.4, -0.2) is 12.1 Å². The maximum Gasteiger partial charge on any atom is 0.244 e. The highest BCUT2D eigenvalue weighted by atomic mass is 16.5. The molecular weight excluding hydrogens is 360 g/mol. The molecule has 0 aliphatic rings. The predicted octanol–water partition coefficient (Wildman–Crippen LogP) is 4.88. The number of amides is 1. The first-order chi connectivity index (χ1) is 14.0. The Balaban J connectivity index is 1.53. The van der Waals surface area contributed by atoms with Gasteiger partial charge in [0.1, 0.15) is 12.4 Å². The average molecular weight is 386 g/mol. The van der Waals surface area contributed by atoms with Gasteiger partial charge in [0.25, 0.3) is 0 Å². The Labute approximate surface area is 172 Å². The number of benzene rings is 3. The zero-order valence-corrected chi connectivity index (χ0v) is 17.1. The quantitative estimate of drug-likeness (QED) is 0.465. The van der Waals surface area contributed by atoms with Gasteiger partial charge in [0.2, 0.25) is 5.91 Å². The predicted molar refractivity (Wildman–Crippen MR) is 117 cm³/mol. The van der Waals surface area contributed by atoms with Gasteiger partial charge in [-0.25, -0.2) is 5.43 Å². The number of hydrogen-bond donors (Lipinski definition) is 1. The number of nitrogens with zero attached hydrogens (tertiary/aromatic N) is 1. The summed E-state index contributed by atoms with van der Waals surface area (Å²) in [5.74, 6) is 0.621. The van der Waals surface area contributed by atoms with Crippen LogP contribution in [0, 0.1) is 20.8 Å². The number of ether oxygens (including phenoxy) is 1. The molecule has 0 aliphatic heterocycles. The fraction of sp³-hybridized carbons (Fsp3) is 0.200. The van der Waals surface area contributed by atoms with E-state index in [4.69, 9.17) is 4.74 Å². The normalized spacial score (nSPS) is 10.9. The number of hydrogen-bond acceptors (Lipinski definition) is 3. The molecule has 0 aromatic heterocycles. The molecule has 0 saturated heterocycles. The van der Waals surface area contributed by atoms with Gasteiger partial charge in [-0.2, -0.15) is 5.10 Å². The van der Waals surface area contributed by atoms with Crippen LogP contribution in [0.5, 0.6) is 5.75 Å². The van der Waals surface area contributed by atoms with Crippen LogP contribution in [0.15, 0.2) is 71.8 Å². The lowest BCUT2D eigenvalue weighted by Crippen LogP contribution is -2.20. The molecule has 148 valence electrons. The van der Waals surface area contributed by atoms with Crippen molar-refractivity contribution < 1.29 is 9.53 Å². The third-order valence-corrected chi connectivity index (χ3v) is 4.64. The van der Waals surface area contributed by atoms with Gasteiger partial charge in [0, 0.05) is 0 Å². The fourth-order valence-corrected chi connectivity index (χ4v) is 2.97. The maximum absolute atomic E-state index is 12.1. The second-order valence-electron chi connectivity index (χ2n) is 7.25. The Morgan fingerprint density at radius 1 is 0.966 bits per heavy atom. The molecule has 29 heavy (non-hydrogen) atoms. The molecule has 0 spiro atoms. The molecule has 0 bridgehead atoms. The second-order valence-corrected chi connectivity index (χ2v) is 7.25. The van der Waals surface area contributed by atoms with Gasteiger partial charge in [-0.15, -0.1) is 0 Å². The van der Waals surface area contributed by atoms with E-state index in [2.05, 4.69) is 47.8 Å². The number of carbonyl (C=O) groups is 1. The minimum Gasteiger partial charge on any atom is -0.489 e. The van der Waals surface area contributed by atoms with Crippen molar-refractivity contribution in [3.05, 3.63) is 100 Å². The van der Waals surface area contributed by atoms with Crippen molar-refractivity contribution in [1.29, 1.82) is 0 Å². The molecule has 3 aromatic carbocycles. The third kappa shape index (κ3) is 6.32. The summed E-state index contributed by atoms with van der Waals surface area (Å²) in [6.07, 6.45) is 1.93. The summed E-state index contributed by atoms with van der Waals surface area (Å²) in [5, 5.41) is 4.07. The van der Waals surface area contributed by atoms with E-state index in [0.717, 1.165) is 28.0 Å². The minimum absolute atomic E-state index is 0.139. The summed E-state index contributed by atoms with van der Waals surface area (Å²) in [7, 11) is 0. The van der Waals surface area contributed by atoms with E-state index in [1.54, 1.807) is 6.21 Å². The van der Waals surface area contributed by atoms with Crippen molar-refractivity contribution in [1.82, 2.24) is 5.43 Å². The van der Waals surface area contributed by atoms with Gasteiger partial charge in [0.15, 0.2) is 0 Å². The highest BCUT2D eigenvalue weighted by Gasteiger charge is 2.05. The lowest BCUT2D eigenvalue weighted by atomic mass is 10.0. The number of aryl methyl sites for hydroxylation is 3. The molecule has 0 fully saturated rings. The Hall–Kier alpha value is -3.40. The standard InChI is InChI=1S/C25H26N2O2/c1-18-7-10-21(11-8-18)17-29-24-6-4-5-22(14-24)16-26-27-25(28)15-23-12-9-19(2)13-20(23)3/h4-14,16H,15,17H2,1-3H3,(H,27,28)/b26-16-. The van der Waals surface area contributed by atoms with Crippen molar-refractivity contribution in [3.8, 4) is 5.75 Å². The Kier molecular flexibility index (Phi) is 6.80. The van der Waals surface area contributed by atoms with E-state index in [9.17, 15) is 4.79 Å².